The van der Waals surface area contributed by atoms with Crippen molar-refractivity contribution in [1.82, 2.24) is 0 Å². The van der Waals surface area contributed by atoms with Crippen LogP contribution in [0.2, 0.25) is 0 Å². The summed E-state index contributed by atoms with van der Waals surface area (Å²) in [4.78, 5) is 13.3. The van der Waals surface area contributed by atoms with Crippen molar-refractivity contribution in [2.24, 2.45) is 0 Å². The van der Waals surface area contributed by atoms with Crippen LogP contribution >= 0.6 is 0 Å². The molecule has 2 aliphatic rings. The van der Waals surface area contributed by atoms with E-state index in [1.54, 1.807) is 7.11 Å². The predicted molar refractivity (Wildman–Crippen MR) is 257 cm³/mol. The molecule has 69 heavy (non-hydrogen) atoms. The molecule has 2 heterocycles. The molecule has 2 saturated heterocycles. The van der Waals surface area contributed by atoms with Crippen LogP contribution in [-0.2, 0) is 96.5 Å². The number of hydrogen-bond donors (Lipinski definition) is 0. The van der Waals surface area contributed by atoms with Crippen molar-refractivity contribution in [2.75, 3.05) is 20.3 Å². The van der Waals surface area contributed by atoms with Crippen LogP contribution in [0.25, 0.3) is 0 Å². The molecule has 0 saturated carbocycles. The highest BCUT2D eigenvalue weighted by molar-refractivity contribution is 5.66. The first-order valence-corrected chi connectivity index (χ1v) is 23.5. The van der Waals surface area contributed by atoms with Crippen LogP contribution in [0.1, 0.15) is 40.3 Å². The second-order valence-corrected chi connectivity index (χ2v) is 17.0. The Labute approximate surface area is 405 Å². The van der Waals surface area contributed by atoms with Crippen molar-refractivity contribution in [3.05, 3.63) is 215 Å². The summed E-state index contributed by atoms with van der Waals surface area (Å²) in [6.07, 6.45) is -9.24. The van der Waals surface area contributed by atoms with Gasteiger partial charge in [0.2, 0.25) is 0 Å². The summed E-state index contributed by atoms with van der Waals surface area (Å²) in [6.45, 7) is 2.96. The number of carbonyl (C=O) groups excluding carboxylic acids is 1. The Balaban J connectivity index is 1.17. The summed E-state index contributed by atoms with van der Waals surface area (Å²) < 4.78 is 73.6. The second kappa shape index (κ2) is 26.4. The standard InChI is InChI=1S/C57H62O12/c1-41(58)66-55-52(63-36-45-27-15-6-16-28-45)50(62-35-44-25-13-5-14-26-44)48(39-60-33-42-21-9-3-10-22-42)68-57(55)69-51-49(40-61-34-43-23-11-4-12-24-43)67-56(59-2)54(65-38-47-31-19-8-20-32-47)53(51)64-37-46-29-17-7-18-30-46/h3-32,48-57H,33-40H2,1-2H3/t48?,49?,50-,51+,52?,53?,54+,55?,56+,57-/m1/s1. The van der Waals surface area contributed by atoms with Gasteiger partial charge in [-0.3, -0.25) is 4.79 Å². The first-order chi connectivity index (χ1) is 34.0. The van der Waals surface area contributed by atoms with Crippen molar-refractivity contribution < 1.29 is 56.9 Å². The number of hydrogen-bond acceptors (Lipinski definition) is 12. The molecule has 5 unspecified atom stereocenters. The lowest BCUT2D eigenvalue weighted by molar-refractivity contribution is -0.372. The van der Waals surface area contributed by atoms with Crippen molar-refractivity contribution >= 4 is 5.97 Å². The van der Waals surface area contributed by atoms with Crippen molar-refractivity contribution in [1.29, 1.82) is 0 Å². The van der Waals surface area contributed by atoms with Crippen LogP contribution in [0.15, 0.2) is 182 Å². The van der Waals surface area contributed by atoms with Gasteiger partial charge < -0.3 is 52.1 Å². The molecule has 0 radical (unpaired) electrons. The lowest BCUT2D eigenvalue weighted by Crippen LogP contribution is -2.66. The van der Waals surface area contributed by atoms with Crippen LogP contribution in [0, 0.1) is 0 Å². The van der Waals surface area contributed by atoms with Gasteiger partial charge in [-0.25, -0.2) is 0 Å². The summed E-state index contributed by atoms with van der Waals surface area (Å²) in [6, 6.07) is 59.2. The fraction of sp³-hybridized carbons (Fsp3) is 0.351. The lowest BCUT2D eigenvalue weighted by atomic mass is 9.95. The SMILES string of the molecule is CO[C@H]1OC(COCc2ccccc2)[C@H](O[C@H]2OC(COCc3ccccc3)[C@@H](OCc3ccccc3)C(OCc3ccccc3)C2OC(C)=O)C(OCc2ccccc2)[C@@H]1OCc1ccccc1. The van der Waals surface area contributed by atoms with E-state index >= 15 is 0 Å². The zero-order valence-corrected chi connectivity index (χ0v) is 39.1. The smallest absolute Gasteiger partial charge is 0.303 e. The number of ether oxygens (including phenoxy) is 11. The Morgan fingerprint density at radius 1 is 0.391 bits per heavy atom. The minimum Gasteiger partial charge on any atom is -0.454 e. The van der Waals surface area contributed by atoms with E-state index in [4.69, 9.17) is 52.1 Å². The second-order valence-electron chi connectivity index (χ2n) is 17.0. The van der Waals surface area contributed by atoms with Crippen molar-refractivity contribution in [2.45, 2.75) is 108 Å². The molecular weight excluding hydrogens is 877 g/mol. The molecule has 0 aliphatic carbocycles. The van der Waals surface area contributed by atoms with Gasteiger partial charge in [-0.15, -0.1) is 0 Å². The Hall–Kier alpha value is -5.61. The van der Waals surface area contributed by atoms with Crippen molar-refractivity contribution in [3.8, 4) is 0 Å². The van der Waals surface area contributed by atoms with E-state index in [2.05, 4.69) is 0 Å². The summed E-state index contributed by atoms with van der Waals surface area (Å²) in [7, 11) is 1.58. The van der Waals surface area contributed by atoms with Crippen LogP contribution in [0.5, 0.6) is 0 Å². The molecule has 0 spiro atoms. The molecule has 12 heteroatoms. The van der Waals surface area contributed by atoms with Crippen LogP contribution in [-0.4, -0.2) is 87.7 Å². The van der Waals surface area contributed by atoms with Gasteiger partial charge in [0.05, 0.1) is 52.9 Å². The normalized spacial score (nSPS) is 24.7. The van der Waals surface area contributed by atoms with E-state index < -0.39 is 67.4 Å². The third-order valence-electron chi connectivity index (χ3n) is 11.9. The predicted octanol–water partition coefficient (Wildman–Crippen LogP) is 9.17. The van der Waals surface area contributed by atoms with Crippen LogP contribution < -0.4 is 0 Å². The van der Waals surface area contributed by atoms with Gasteiger partial charge in [-0.1, -0.05) is 182 Å². The first kappa shape index (κ1) is 49.8. The molecule has 8 rings (SSSR count). The van der Waals surface area contributed by atoms with E-state index in [0.717, 1.165) is 33.4 Å². The summed E-state index contributed by atoms with van der Waals surface area (Å²) in [5.74, 6) is -0.561. The highest BCUT2D eigenvalue weighted by Gasteiger charge is 2.55. The molecule has 6 aromatic rings. The molecule has 0 N–H and O–H groups in total. The zero-order chi connectivity index (χ0) is 47.5. The Morgan fingerprint density at radius 3 is 1.09 bits per heavy atom. The molecule has 0 aromatic heterocycles. The van der Waals surface area contributed by atoms with Crippen molar-refractivity contribution in [3.63, 3.8) is 0 Å². The van der Waals surface area contributed by atoms with Gasteiger partial charge in [0, 0.05) is 14.0 Å². The van der Waals surface area contributed by atoms with E-state index in [-0.39, 0.29) is 39.6 Å². The minimum absolute atomic E-state index is 0.0708. The van der Waals surface area contributed by atoms with Gasteiger partial charge in [0.15, 0.2) is 18.7 Å². The molecule has 6 aromatic carbocycles. The topological polar surface area (TPSA) is 119 Å². The summed E-state index contributed by atoms with van der Waals surface area (Å²) in [5.41, 5.74) is 5.71. The third kappa shape index (κ3) is 14.7. The first-order valence-electron chi connectivity index (χ1n) is 23.5. The number of esters is 1. The molecule has 0 bridgehead atoms. The fourth-order valence-corrected chi connectivity index (χ4v) is 8.52. The largest absolute Gasteiger partial charge is 0.454 e. The van der Waals surface area contributed by atoms with E-state index in [0.29, 0.717) is 13.2 Å². The van der Waals surface area contributed by atoms with Gasteiger partial charge in [-0.05, 0) is 33.4 Å². The monoisotopic (exact) mass is 938 g/mol. The molecule has 2 fully saturated rings. The molecular formula is C57H62O12. The average Bonchev–Trinajstić information content (AvgIpc) is 3.39. The number of methoxy groups -OCH3 is 1. The highest BCUT2D eigenvalue weighted by atomic mass is 16.8. The maximum Gasteiger partial charge on any atom is 0.303 e. The summed E-state index contributed by atoms with van der Waals surface area (Å²) in [5, 5.41) is 0. The molecule has 2 aliphatic heterocycles. The number of rotatable bonds is 24. The van der Waals surface area contributed by atoms with Gasteiger partial charge >= 0.3 is 5.97 Å². The molecule has 10 atom stereocenters. The Bertz CT molecular complexity index is 2350. The highest BCUT2D eigenvalue weighted by Crippen LogP contribution is 2.36. The van der Waals surface area contributed by atoms with E-state index in [1.165, 1.54) is 6.92 Å². The van der Waals surface area contributed by atoms with Gasteiger partial charge in [-0.2, -0.15) is 0 Å². The molecule has 362 valence electrons. The van der Waals surface area contributed by atoms with Gasteiger partial charge in [0.1, 0.15) is 42.7 Å². The quantitative estimate of drug-likeness (QED) is 0.0539. The molecule has 12 nitrogen and oxygen atoms in total. The maximum atomic E-state index is 13.3. The number of benzene rings is 6. The lowest BCUT2D eigenvalue weighted by Gasteiger charge is -2.49. The Morgan fingerprint density at radius 2 is 0.710 bits per heavy atom. The fourth-order valence-electron chi connectivity index (χ4n) is 8.52. The maximum absolute atomic E-state index is 13.3. The average molecular weight is 939 g/mol. The summed E-state index contributed by atoms with van der Waals surface area (Å²) >= 11 is 0. The minimum atomic E-state index is -1.27. The number of carbonyl (C=O) groups is 1. The van der Waals surface area contributed by atoms with Gasteiger partial charge in [0.25, 0.3) is 0 Å². The zero-order valence-electron chi connectivity index (χ0n) is 39.1. The van der Waals surface area contributed by atoms with Crippen LogP contribution in [0.3, 0.4) is 0 Å². The Kier molecular flexibility index (Phi) is 19.0. The van der Waals surface area contributed by atoms with Crippen LogP contribution in [0.4, 0.5) is 0 Å². The van der Waals surface area contributed by atoms with E-state index in [1.807, 2.05) is 182 Å². The molecule has 0 amide bonds. The third-order valence-corrected chi connectivity index (χ3v) is 11.9. The van der Waals surface area contributed by atoms with E-state index in [9.17, 15) is 4.79 Å².